The molecule has 0 unspecified atom stereocenters. The second-order valence-electron chi connectivity index (χ2n) is 6.97. The first-order valence-electron chi connectivity index (χ1n) is 9.64. The van der Waals surface area contributed by atoms with Crippen molar-refractivity contribution in [3.63, 3.8) is 0 Å². The van der Waals surface area contributed by atoms with Gasteiger partial charge in [-0.3, -0.25) is 4.90 Å². The SMILES string of the molecule is C=C/C=C(\C=C(\F)C[C@H]1C[C@@H](c2cc3c(cc2F)OCO3)CN1CC=O)OCC. The number of nitrogens with zero attached hydrogens (tertiary/aromatic N) is 1. The molecular weight excluding hydrogens is 380 g/mol. The van der Waals surface area contributed by atoms with Crippen molar-refractivity contribution in [1.82, 2.24) is 4.90 Å². The van der Waals surface area contributed by atoms with Gasteiger partial charge in [-0.25, -0.2) is 8.78 Å². The number of hydrogen-bond donors (Lipinski definition) is 0. The Hall–Kier alpha value is -2.67. The van der Waals surface area contributed by atoms with Crippen molar-refractivity contribution in [2.45, 2.75) is 31.7 Å². The van der Waals surface area contributed by atoms with Gasteiger partial charge in [0, 0.05) is 37.1 Å². The lowest BCUT2D eigenvalue weighted by atomic mass is 9.94. The molecule has 1 saturated heterocycles. The van der Waals surface area contributed by atoms with Crippen LogP contribution in [0.3, 0.4) is 0 Å². The summed E-state index contributed by atoms with van der Waals surface area (Å²) in [5.41, 5.74) is 0.499. The van der Waals surface area contributed by atoms with E-state index in [4.69, 9.17) is 14.2 Å². The van der Waals surface area contributed by atoms with Crippen molar-refractivity contribution in [3.05, 3.63) is 59.9 Å². The van der Waals surface area contributed by atoms with Gasteiger partial charge in [0.1, 0.15) is 23.7 Å². The average Bonchev–Trinajstić information content (AvgIpc) is 3.28. The average molecular weight is 405 g/mol. The van der Waals surface area contributed by atoms with E-state index in [1.807, 2.05) is 11.8 Å². The molecule has 0 spiro atoms. The minimum Gasteiger partial charge on any atom is -0.494 e. The predicted octanol–water partition coefficient (Wildman–Crippen LogP) is 4.26. The van der Waals surface area contributed by atoms with Gasteiger partial charge in [-0.1, -0.05) is 12.7 Å². The highest BCUT2D eigenvalue weighted by atomic mass is 19.1. The van der Waals surface area contributed by atoms with Crippen molar-refractivity contribution in [3.8, 4) is 11.5 Å². The molecule has 2 heterocycles. The van der Waals surface area contributed by atoms with Gasteiger partial charge >= 0.3 is 0 Å². The second-order valence-corrected chi connectivity index (χ2v) is 6.97. The van der Waals surface area contributed by atoms with E-state index in [9.17, 15) is 13.6 Å². The Kier molecular flexibility index (Phi) is 7.04. The maximum Gasteiger partial charge on any atom is 0.231 e. The van der Waals surface area contributed by atoms with E-state index >= 15 is 0 Å². The van der Waals surface area contributed by atoms with Gasteiger partial charge < -0.3 is 19.0 Å². The quantitative estimate of drug-likeness (QED) is 0.349. The number of likely N-dealkylation sites (tertiary alicyclic amines) is 1. The van der Waals surface area contributed by atoms with Crippen LogP contribution in [0.2, 0.25) is 0 Å². The van der Waals surface area contributed by atoms with Crippen LogP contribution in [0.5, 0.6) is 11.5 Å². The molecule has 1 fully saturated rings. The number of allylic oxidation sites excluding steroid dienone is 3. The highest BCUT2D eigenvalue weighted by Gasteiger charge is 2.35. The molecule has 0 amide bonds. The standard InChI is InChI=1S/C22H25F2NO4/c1-3-5-18(27-4-2)10-16(23)9-17-8-15(13-25(17)6-7-26)19-11-21-22(12-20(19)24)29-14-28-21/h3,5,7,10-12,15,17H,1,4,6,8-9,13-14H2,2H3/b16-10+,18-5+/t15-,17-/m1/s1. The topological polar surface area (TPSA) is 48.0 Å². The summed E-state index contributed by atoms with van der Waals surface area (Å²) in [6.07, 6.45) is 5.88. The van der Waals surface area contributed by atoms with Crippen LogP contribution in [0.25, 0.3) is 0 Å². The summed E-state index contributed by atoms with van der Waals surface area (Å²) in [7, 11) is 0. The van der Waals surface area contributed by atoms with E-state index in [2.05, 4.69) is 6.58 Å². The fraction of sp³-hybridized carbons (Fsp3) is 0.409. The fourth-order valence-corrected chi connectivity index (χ4v) is 3.85. The van der Waals surface area contributed by atoms with E-state index in [1.54, 1.807) is 12.1 Å². The van der Waals surface area contributed by atoms with Crippen LogP contribution in [0.4, 0.5) is 8.78 Å². The first-order valence-corrected chi connectivity index (χ1v) is 9.64. The van der Waals surface area contributed by atoms with Crippen molar-refractivity contribution in [1.29, 1.82) is 0 Å². The van der Waals surface area contributed by atoms with Crippen LogP contribution in [-0.2, 0) is 9.53 Å². The molecule has 2 atom stereocenters. The Balaban J connectivity index is 1.76. The van der Waals surface area contributed by atoms with Gasteiger partial charge in [0.2, 0.25) is 6.79 Å². The molecule has 156 valence electrons. The molecule has 1 aromatic carbocycles. The largest absolute Gasteiger partial charge is 0.494 e. The first kappa shape index (κ1) is 21.0. The lowest BCUT2D eigenvalue weighted by molar-refractivity contribution is -0.109. The maximum atomic E-state index is 14.6. The molecule has 5 nitrogen and oxygen atoms in total. The van der Waals surface area contributed by atoms with Gasteiger partial charge in [-0.05, 0) is 31.1 Å². The lowest BCUT2D eigenvalue weighted by Gasteiger charge is -2.21. The third-order valence-electron chi connectivity index (χ3n) is 5.09. The first-order chi connectivity index (χ1) is 14.0. The van der Waals surface area contributed by atoms with Gasteiger partial charge in [-0.2, -0.15) is 0 Å². The second kappa shape index (κ2) is 9.69. The number of benzene rings is 1. The fourth-order valence-electron chi connectivity index (χ4n) is 3.85. The lowest BCUT2D eigenvalue weighted by Crippen LogP contribution is -2.31. The van der Waals surface area contributed by atoms with Crippen molar-refractivity contribution in [2.75, 3.05) is 26.5 Å². The third-order valence-corrected chi connectivity index (χ3v) is 5.09. The van der Waals surface area contributed by atoms with Gasteiger partial charge in [0.15, 0.2) is 11.5 Å². The predicted molar refractivity (Wildman–Crippen MR) is 105 cm³/mol. The monoisotopic (exact) mass is 405 g/mol. The van der Waals surface area contributed by atoms with Crippen LogP contribution < -0.4 is 9.47 Å². The Morgan fingerprint density at radius 3 is 2.83 bits per heavy atom. The Labute approximate surface area is 169 Å². The van der Waals surface area contributed by atoms with E-state index < -0.39 is 0 Å². The minimum absolute atomic E-state index is 0.0686. The van der Waals surface area contributed by atoms with Crippen LogP contribution in [-0.4, -0.2) is 43.7 Å². The summed E-state index contributed by atoms with van der Waals surface area (Å²) < 4.78 is 45.2. The molecular formula is C22H25F2NO4. The summed E-state index contributed by atoms with van der Waals surface area (Å²) in [6, 6.07) is 2.75. The zero-order chi connectivity index (χ0) is 20.8. The van der Waals surface area contributed by atoms with Crippen LogP contribution in [0.1, 0.15) is 31.2 Å². The molecule has 0 radical (unpaired) electrons. The number of aldehydes is 1. The van der Waals surface area contributed by atoms with E-state index in [-0.39, 0.29) is 43.4 Å². The number of fused-ring (bicyclic) bond motifs is 1. The number of carbonyl (C=O) groups is 1. The van der Waals surface area contributed by atoms with Gasteiger partial charge in [-0.15, -0.1) is 0 Å². The normalized spacial score (nSPS) is 22.0. The summed E-state index contributed by atoms with van der Waals surface area (Å²) in [6.45, 7) is 6.53. The molecule has 0 bridgehead atoms. The number of hydrogen-bond acceptors (Lipinski definition) is 5. The molecule has 0 aliphatic carbocycles. The Morgan fingerprint density at radius 1 is 1.38 bits per heavy atom. The highest BCUT2D eigenvalue weighted by Crippen LogP contribution is 2.41. The van der Waals surface area contributed by atoms with Gasteiger partial charge in [0.25, 0.3) is 0 Å². The minimum atomic E-state index is -0.380. The van der Waals surface area contributed by atoms with Crippen molar-refractivity contribution in [2.24, 2.45) is 0 Å². The van der Waals surface area contributed by atoms with E-state index in [0.29, 0.717) is 42.4 Å². The van der Waals surface area contributed by atoms with E-state index in [0.717, 1.165) is 6.29 Å². The zero-order valence-electron chi connectivity index (χ0n) is 16.4. The molecule has 2 aliphatic heterocycles. The molecule has 0 N–H and O–H groups in total. The molecule has 0 aromatic heterocycles. The molecule has 29 heavy (non-hydrogen) atoms. The number of halogens is 2. The van der Waals surface area contributed by atoms with Crippen LogP contribution >= 0.6 is 0 Å². The number of carbonyl (C=O) groups excluding carboxylic acids is 1. The van der Waals surface area contributed by atoms with Crippen LogP contribution in [0.15, 0.2) is 48.5 Å². The van der Waals surface area contributed by atoms with Crippen molar-refractivity contribution >= 4 is 6.29 Å². The third kappa shape index (κ3) is 5.03. The molecule has 2 aliphatic rings. The van der Waals surface area contributed by atoms with Crippen molar-refractivity contribution < 1.29 is 27.8 Å². The summed E-state index contributed by atoms with van der Waals surface area (Å²) in [5, 5.41) is 0. The zero-order valence-corrected chi connectivity index (χ0v) is 16.4. The molecule has 3 rings (SSSR count). The Bertz CT molecular complexity index is 821. The molecule has 7 heteroatoms. The molecule has 0 saturated carbocycles. The number of ether oxygens (including phenoxy) is 3. The van der Waals surface area contributed by atoms with E-state index in [1.165, 1.54) is 18.2 Å². The smallest absolute Gasteiger partial charge is 0.231 e. The highest BCUT2D eigenvalue weighted by molar-refractivity contribution is 5.52. The summed E-state index contributed by atoms with van der Waals surface area (Å²) in [4.78, 5) is 13.0. The van der Waals surface area contributed by atoms with Gasteiger partial charge in [0.05, 0.1) is 13.2 Å². The summed E-state index contributed by atoms with van der Waals surface area (Å²) >= 11 is 0. The van der Waals surface area contributed by atoms with Crippen LogP contribution in [0, 0.1) is 5.82 Å². The Morgan fingerprint density at radius 2 is 2.14 bits per heavy atom. The summed E-state index contributed by atoms with van der Waals surface area (Å²) in [5.74, 6) is 0.371. The maximum absolute atomic E-state index is 14.6. The number of rotatable bonds is 9. The molecule has 1 aromatic rings.